The molecule has 1 N–H and O–H groups in total. The quantitative estimate of drug-likeness (QED) is 0.804. The molecule has 1 aromatic heterocycles. The molecule has 3 rings (SSSR count). The number of carbonyl (C=O) groups is 1. The molecule has 1 aromatic carbocycles. The fraction of sp³-hybridized carbons (Fsp3) is 0.368. The van der Waals surface area contributed by atoms with Crippen molar-refractivity contribution in [2.75, 3.05) is 39.5 Å². The Balaban J connectivity index is 1.55. The van der Waals surface area contributed by atoms with E-state index in [0.717, 1.165) is 18.8 Å². The van der Waals surface area contributed by atoms with E-state index >= 15 is 0 Å². The van der Waals surface area contributed by atoms with Gasteiger partial charge in [-0.05, 0) is 30.3 Å². The van der Waals surface area contributed by atoms with Gasteiger partial charge in [-0.3, -0.25) is 14.7 Å². The lowest BCUT2D eigenvalue weighted by Gasteiger charge is -2.34. The van der Waals surface area contributed by atoms with E-state index in [-0.39, 0.29) is 18.6 Å². The van der Waals surface area contributed by atoms with E-state index in [4.69, 9.17) is 21.1 Å². The van der Waals surface area contributed by atoms with Crippen LogP contribution < -0.4 is 10.1 Å². The molecule has 1 aliphatic rings. The second-order valence-corrected chi connectivity index (χ2v) is 6.41. The van der Waals surface area contributed by atoms with E-state index in [0.29, 0.717) is 30.5 Å². The number of hydrogen-bond acceptors (Lipinski definition) is 5. The summed E-state index contributed by atoms with van der Waals surface area (Å²) >= 11 is 5.91. The standard InChI is InChI=1S/C19H22ClN3O3/c20-15-4-3-5-16(12-15)26-14-19(24)22-13-18(17-6-1-2-7-21-17)23-8-10-25-11-9-23/h1-7,12,18H,8-11,13-14H2,(H,22,24)/t18-/m0/s1. The van der Waals surface area contributed by atoms with Crippen LogP contribution in [0.25, 0.3) is 0 Å². The Labute approximate surface area is 158 Å². The lowest BCUT2D eigenvalue weighted by Crippen LogP contribution is -2.44. The molecule has 1 amide bonds. The molecule has 0 spiro atoms. The number of benzene rings is 1. The number of aromatic nitrogens is 1. The Morgan fingerprint density at radius 2 is 2.12 bits per heavy atom. The first kappa shape index (κ1) is 18.6. The van der Waals surface area contributed by atoms with Crippen LogP contribution in [0.4, 0.5) is 0 Å². The molecule has 0 aliphatic carbocycles. The van der Waals surface area contributed by atoms with Gasteiger partial charge in [-0.15, -0.1) is 0 Å². The number of amides is 1. The Morgan fingerprint density at radius 1 is 1.27 bits per heavy atom. The lowest BCUT2D eigenvalue weighted by molar-refractivity contribution is -0.123. The first-order chi connectivity index (χ1) is 12.7. The number of ether oxygens (including phenoxy) is 2. The summed E-state index contributed by atoms with van der Waals surface area (Å²) in [4.78, 5) is 18.9. The van der Waals surface area contributed by atoms with Crippen LogP contribution >= 0.6 is 11.6 Å². The van der Waals surface area contributed by atoms with Crippen molar-refractivity contribution in [2.45, 2.75) is 6.04 Å². The van der Waals surface area contributed by atoms with Crippen LogP contribution in [0.3, 0.4) is 0 Å². The number of rotatable bonds is 7. The third-order valence-electron chi connectivity index (χ3n) is 4.17. The second-order valence-electron chi connectivity index (χ2n) is 5.97. The Hall–Kier alpha value is -2.15. The number of halogens is 1. The third-order valence-corrected chi connectivity index (χ3v) is 4.41. The van der Waals surface area contributed by atoms with Crippen molar-refractivity contribution >= 4 is 17.5 Å². The summed E-state index contributed by atoms with van der Waals surface area (Å²) in [5.41, 5.74) is 0.936. The topological polar surface area (TPSA) is 63.7 Å². The van der Waals surface area contributed by atoms with E-state index in [1.165, 1.54) is 0 Å². The number of nitrogens with zero attached hydrogens (tertiary/aromatic N) is 2. The summed E-state index contributed by atoms with van der Waals surface area (Å²) < 4.78 is 10.9. The molecule has 0 saturated carbocycles. The molecule has 0 radical (unpaired) electrons. The highest BCUT2D eigenvalue weighted by atomic mass is 35.5. The van der Waals surface area contributed by atoms with Gasteiger partial charge in [0.1, 0.15) is 5.75 Å². The molecule has 0 unspecified atom stereocenters. The zero-order valence-electron chi connectivity index (χ0n) is 14.4. The number of nitrogens with one attached hydrogen (secondary N) is 1. The molecule has 1 fully saturated rings. The van der Waals surface area contributed by atoms with Gasteiger partial charge in [-0.2, -0.15) is 0 Å². The molecule has 1 atom stereocenters. The molecule has 2 heterocycles. The number of pyridine rings is 1. The van der Waals surface area contributed by atoms with E-state index < -0.39 is 0 Å². The molecule has 2 aromatic rings. The van der Waals surface area contributed by atoms with Crippen LogP contribution in [0.5, 0.6) is 5.75 Å². The molecule has 0 bridgehead atoms. The highest BCUT2D eigenvalue weighted by molar-refractivity contribution is 6.30. The van der Waals surface area contributed by atoms with Crippen molar-refractivity contribution in [3.63, 3.8) is 0 Å². The van der Waals surface area contributed by atoms with Crippen molar-refractivity contribution in [3.05, 3.63) is 59.4 Å². The second kappa shape index (κ2) is 9.52. The minimum Gasteiger partial charge on any atom is -0.484 e. The maximum absolute atomic E-state index is 12.2. The summed E-state index contributed by atoms with van der Waals surface area (Å²) in [6, 6.07) is 12.8. The van der Waals surface area contributed by atoms with Gasteiger partial charge in [0, 0.05) is 30.9 Å². The van der Waals surface area contributed by atoms with Gasteiger partial charge in [0.05, 0.1) is 24.9 Å². The maximum atomic E-state index is 12.2. The van der Waals surface area contributed by atoms with Crippen molar-refractivity contribution in [2.24, 2.45) is 0 Å². The van der Waals surface area contributed by atoms with Crippen molar-refractivity contribution in [1.29, 1.82) is 0 Å². The fourth-order valence-corrected chi connectivity index (χ4v) is 3.03. The fourth-order valence-electron chi connectivity index (χ4n) is 2.85. The molecule has 6 nitrogen and oxygen atoms in total. The zero-order chi connectivity index (χ0) is 18.2. The van der Waals surface area contributed by atoms with E-state index in [2.05, 4.69) is 15.2 Å². The van der Waals surface area contributed by atoms with Gasteiger partial charge in [0.15, 0.2) is 6.61 Å². The Morgan fingerprint density at radius 3 is 2.85 bits per heavy atom. The summed E-state index contributed by atoms with van der Waals surface area (Å²) in [6.07, 6.45) is 1.77. The van der Waals surface area contributed by atoms with E-state index in [1.54, 1.807) is 30.5 Å². The Bertz CT molecular complexity index is 708. The van der Waals surface area contributed by atoms with Crippen LogP contribution in [-0.4, -0.2) is 55.2 Å². The van der Waals surface area contributed by atoms with Crippen LogP contribution in [0.2, 0.25) is 5.02 Å². The van der Waals surface area contributed by atoms with Crippen LogP contribution in [-0.2, 0) is 9.53 Å². The molecular weight excluding hydrogens is 354 g/mol. The average Bonchev–Trinajstić information content (AvgIpc) is 2.68. The van der Waals surface area contributed by atoms with Gasteiger partial charge in [-0.1, -0.05) is 23.7 Å². The van der Waals surface area contributed by atoms with Crippen LogP contribution in [0, 0.1) is 0 Å². The van der Waals surface area contributed by atoms with Crippen molar-refractivity contribution in [1.82, 2.24) is 15.2 Å². The van der Waals surface area contributed by atoms with Gasteiger partial charge >= 0.3 is 0 Å². The number of morpholine rings is 1. The summed E-state index contributed by atoms with van der Waals surface area (Å²) in [7, 11) is 0. The van der Waals surface area contributed by atoms with Crippen LogP contribution in [0.15, 0.2) is 48.7 Å². The van der Waals surface area contributed by atoms with Crippen LogP contribution in [0.1, 0.15) is 11.7 Å². The first-order valence-corrected chi connectivity index (χ1v) is 8.98. The molecule has 7 heteroatoms. The van der Waals surface area contributed by atoms with Crippen molar-refractivity contribution in [3.8, 4) is 5.75 Å². The highest BCUT2D eigenvalue weighted by Crippen LogP contribution is 2.19. The molecule has 1 saturated heterocycles. The van der Waals surface area contributed by atoms with Crippen molar-refractivity contribution < 1.29 is 14.3 Å². The predicted octanol–water partition coefficient (Wildman–Crippen LogP) is 2.30. The normalized spacial score (nSPS) is 16.0. The lowest BCUT2D eigenvalue weighted by atomic mass is 10.1. The summed E-state index contributed by atoms with van der Waals surface area (Å²) in [6.45, 7) is 3.42. The molecule has 1 aliphatic heterocycles. The largest absolute Gasteiger partial charge is 0.484 e. The summed E-state index contributed by atoms with van der Waals surface area (Å²) in [5, 5.41) is 3.52. The highest BCUT2D eigenvalue weighted by Gasteiger charge is 2.24. The third kappa shape index (κ3) is 5.42. The number of hydrogen-bond donors (Lipinski definition) is 1. The van der Waals surface area contributed by atoms with Gasteiger partial charge in [-0.25, -0.2) is 0 Å². The maximum Gasteiger partial charge on any atom is 0.258 e. The zero-order valence-corrected chi connectivity index (χ0v) is 15.2. The molecular formula is C19H22ClN3O3. The smallest absolute Gasteiger partial charge is 0.258 e. The van der Waals surface area contributed by atoms with Gasteiger partial charge < -0.3 is 14.8 Å². The summed E-state index contributed by atoms with van der Waals surface area (Å²) in [5.74, 6) is 0.390. The predicted molar refractivity (Wildman–Crippen MR) is 99.3 cm³/mol. The molecule has 138 valence electrons. The Kier molecular flexibility index (Phi) is 6.82. The molecule has 26 heavy (non-hydrogen) atoms. The van der Waals surface area contributed by atoms with Gasteiger partial charge in [0.2, 0.25) is 0 Å². The average molecular weight is 376 g/mol. The van der Waals surface area contributed by atoms with E-state index in [9.17, 15) is 4.79 Å². The monoisotopic (exact) mass is 375 g/mol. The minimum absolute atomic E-state index is 0.00946. The first-order valence-electron chi connectivity index (χ1n) is 8.60. The van der Waals surface area contributed by atoms with Gasteiger partial charge in [0.25, 0.3) is 5.91 Å². The SMILES string of the molecule is O=C(COc1cccc(Cl)c1)NC[C@@H](c1ccccn1)N1CCOCC1. The number of carbonyl (C=O) groups excluding carboxylic acids is 1. The van der Waals surface area contributed by atoms with E-state index in [1.807, 2.05) is 18.2 Å². The minimum atomic E-state index is -0.181.